The first-order valence-electron chi connectivity index (χ1n) is 12.5. The van der Waals surface area contributed by atoms with Crippen LogP contribution in [-0.4, -0.2) is 55.6 Å². The van der Waals surface area contributed by atoms with Gasteiger partial charge in [0.25, 0.3) is 0 Å². The Morgan fingerprint density at radius 3 is 2.16 bits per heavy atom. The molecule has 3 rings (SSSR count). The Kier molecular flexibility index (Phi) is 10.2. The van der Waals surface area contributed by atoms with Crippen molar-refractivity contribution in [1.82, 2.24) is 14.5 Å². The summed E-state index contributed by atoms with van der Waals surface area (Å²) in [5.41, 5.74) is 2.38. The van der Waals surface area contributed by atoms with Crippen molar-refractivity contribution < 1.29 is 22.4 Å². The SMILES string of the molecule is CCCNC(=O)C(Cc1ccccc1)N(Cc1ccc(F)cc1)C(=O)CN(C)S(=O)(=O)c1ccc(C)cc1. The molecule has 0 heterocycles. The number of hydrogen-bond donors (Lipinski definition) is 1. The van der Waals surface area contributed by atoms with Gasteiger partial charge in [0, 0.05) is 26.6 Å². The van der Waals surface area contributed by atoms with Gasteiger partial charge in [-0.15, -0.1) is 0 Å². The van der Waals surface area contributed by atoms with Crippen LogP contribution in [0.3, 0.4) is 0 Å². The third kappa shape index (κ3) is 7.72. The molecule has 3 aromatic carbocycles. The van der Waals surface area contributed by atoms with E-state index < -0.39 is 34.3 Å². The third-order valence-electron chi connectivity index (χ3n) is 6.17. The average Bonchev–Trinajstić information content (AvgIpc) is 2.91. The molecule has 2 amide bonds. The number of rotatable bonds is 12. The first-order valence-corrected chi connectivity index (χ1v) is 13.9. The summed E-state index contributed by atoms with van der Waals surface area (Å²) < 4.78 is 40.9. The van der Waals surface area contributed by atoms with E-state index in [1.807, 2.05) is 44.2 Å². The van der Waals surface area contributed by atoms with Crippen LogP contribution in [0.4, 0.5) is 4.39 Å². The lowest BCUT2D eigenvalue weighted by Gasteiger charge is -2.32. The van der Waals surface area contributed by atoms with Gasteiger partial charge in [-0.3, -0.25) is 9.59 Å². The maximum Gasteiger partial charge on any atom is 0.243 e. The molecule has 38 heavy (non-hydrogen) atoms. The Balaban J connectivity index is 1.95. The molecule has 202 valence electrons. The van der Waals surface area contributed by atoms with Crippen LogP contribution in [-0.2, 0) is 32.6 Å². The maximum atomic E-state index is 13.7. The van der Waals surface area contributed by atoms with Gasteiger partial charge >= 0.3 is 0 Å². The molecule has 0 aliphatic rings. The lowest BCUT2D eigenvalue weighted by Crippen LogP contribution is -2.53. The number of nitrogens with one attached hydrogen (secondary N) is 1. The van der Waals surface area contributed by atoms with E-state index >= 15 is 0 Å². The number of sulfonamides is 1. The van der Waals surface area contributed by atoms with Crippen molar-refractivity contribution in [3.05, 3.63) is 101 Å². The standard InChI is InChI=1S/C29H34FN3O4S/c1-4-18-31-29(35)27(19-23-8-6-5-7-9-23)33(20-24-12-14-25(30)15-13-24)28(34)21-32(3)38(36,37)26-16-10-22(2)11-17-26/h5-17,27H,4,18-21H2,1-3H3,(H,31,35). The predicted octanol–water partition coefficient (Wildman–Crippen LogP) is 3.92. The van der Waals surface area contributed by atoms with Crippen LogP contribution in [0.1, 0.15) is 30.0 Å². The highest BCUT2D eigenvalue weighted by Crippen LogP contribution is 2.19. The lowest BCUT2D eigenvalue weighted by molar-refractivity contribution is -0.141. The van der Waals surface area contributed by atoms with Crippen molar-refractivity contribution in [2.24, 2.45) is 0 Å². The van der Waals surface area contributed by atoms with E-state index in [9.17, 15) is 22.4 Å². The van der Waals surface area contributed by atoms with Crippen LogP contribution in [0.25, 0.3) is 0 Å². The number of halogens is 1. The second kappa shape index (κ2) is 13.3. The fourth-order valence-electron chi connectivity index (χ4n) is 3.96. The molecular weight excluding hydrogens is 505 g/mol. The molecule has 1 N–H and O–H groups in total. The molecule has 1 atom stereocenters. The van der Waals surface area contributed by atoms with Gasteiger partial charge < -0.3 is 10.2 Å². The molecule has 0 aliphatic carbocycles. The van der Waals surface area contributed by atoms with E-state index in [0.717, 1.165) is 15.4 Å². The van der Waals surface area contributed by atoms with Crippen LogP contribution in [0, 0.1) is 12.7 Å². The monoisotopic (exact) mass is 539 g/mol. The quantitative estimate of drug-likeness (QED) is 0.378. The van der Waals surface area contributed by atoms with E-state index in [-0.39, 0.29) is 23.8 Å². The zero-order valence-electron chi connectivity index (χ0n) is 21.9. The highest BCUT2D eigenvalue weighted by atomic mass is 32.2. The molecule has 0 fully saturated rings. The Bertz CT molecular complexity index is 1310. The minimum atomic E-state index is -3.95. The van der Waals surface area contributed by atoms with Crippen LogP contribution in [0.15, 0.2) is 83.8 Å². The molecule has 0 aliphatic heterocycles. The van der Waals surface area contributed by atoms with E-state index in [1.165, 1.54) is 36.2 Å². The van der Waals surface area contributed by atoms with E-state index in [4.69, 9.17) is 0 Å². The van der Waals surface area contributed by atoms with Crippen molar-refractivity contribution in [3.63, 3.8) is 0 Å². The molecule has 0 saturated carbocycles. The molecule has 0 radical (unpaired) electrons. The van der Waals surface area contributed by atoms with Gasteiger partial charge in [-0.2, -0.15) is 4.31 Å². The van der Waals surface area contributed by atoms with E-state index in [0.29, 0.717) is 18.5 Å². The second-order valence-corrected chi connectivity index (χ2v) is 11.3. The number of benzene rings is 3. The van der Waals surface area contributed by atoms with Crippen molar-refractivity contribution in [1.29, 1.82) is 0 Å². The summed E-state index contributed by atoms with van der Waals surface area (Å²) in [4.78, 5) is 28.5. The van der Waals surface area contributed by atoms with Crippen molar-refractivity contribution in [3.8, 4) is 0 Å². The minimum Gasteiger partial charge on any atom is -0.354 e. The number of amides is 2. The predicted molar refractivity (Wildman–Crippen MR) is 145 cm³/mol. The van der Waals surface area contributed by atoms with Crippen molar-refractivity contribution >= 4 is 21.8 Å². The average molecular weight is 540 g/mol. The number of aryl methyl sites for hydroxylation is 1. The van der Waals surface area contributed by atoms with Crippen LogP contribution in [0.2, 0.25) is 0 Å². The highest BCUT2D eigenvalue weighted by Gasteiger charge is 2.32. The maximum absolute atomic E-state index is 13.7. The molecule has 0 saturated heterocycles. The molecule has 9 heteroatoms. The molecule has 0 aromatic heterocycles. The number of hydrogen-bond acceptors (Lipinski definition) is 4. The van der Waals surface area contributed by atoms with Crippen LogP contribution >= 0.6 is 0 Å². The molecular formula is C29H34FN3O4S. The summed E-state index contributed by atoms with van der Waals surface area (Å²) in [5.74, 6) is -1.30. The van der Waals surface area contributed by atoms with Gasteiger partial charge in [0.1, 0.15) is 11.9 Å². The van der Waals surface area contributed by atoms with Gasteiger partial charge in [-0.1, -0.05) is 67.1 Å². The molecule has 0 bridgehead atoms. The van der Waals surface area contributed by atoms with Crippen LogP contribution in [0.5, 0.6) is 0 Å². The van der Waals surface area contributed by atoms with Gasteiger partial charge in [-0.25, -0.2) is 12.8 Å². The lowest BCUT2D eigenvalue weighted by atomic mass is 10.0. The van der Waals surface area contributed by atoms with Gasteiger partial charge in [-0.05, 0) is 48.7 Å². The second-order valence-electron chi connectivity index (χ2n) is 9.22. The number of likely N-dealkylation sites (N-methyl/N-ethyl adjacent to an activating group) is 1. The highest BCUT2D eigenvalue weighted by molar-refractivity contribution is 7.89. The first kappa shape index (κ1) is 29.0. The summed E-state index contributed by atoms with van der Waals surface area (Å²) in [6.45, 7) is 3.76. The normalized spacial score (nSPS) is 12.2. The fourth-order valence-corrected chi connectivity index (χ4v) is 5.08. The Hall–Kier alpha value is -3.56. The summed E-state index contributed by atoms with van der Waals surface area (Å²) in [6.07, 6.45) is 0.949. The zero-order valence-corrected chi connectivity index (χ0v) is 22.7. The van der Waals surface area contributed by atoms with Gasteiger partial charge in [0.2, 0.25) is 21.8 Å². The molecule has 1 unspecified atom stereocenters. The summed E-state index contributed by atoms with van der Waals surface area (Å²) >= 11 is 0. The van der Waals surface area contributed by atoms with Crippen molar-refractivity contribution in [2.45, 2.75) is 44.2 Å². The van der Waals surface area contributed by atoms with Gasteiger partial charge in [0.05, 0.1) is 11.4 Å². The minimum absolute atomic E-state index is 0.00851. The number of carbonyl (C=O) groups excluding carboxylic acids is 2. The molecule has 3 aromatic rings. The molecule has 0 spiro atoms. The van der Waals surface area contributed by atoms with Crippen LogP contribution < -0.4 is 5.32 Å². The Morgan fingerprint density at radius 1 is 0.921 bits per heavy atom. The Morgan fingerprint density at radius 2 is 1.55 bits per heavy atom. The number of carbonyl (C=O) groups is 2. The molecule has 7 nitrogen and oxygen atoms in total. The Labute approximate surface area is 224 Å². The van der Waals surface area contributed by atoms with E-state index in [1.54, 1.807) is 24.3 Å². The summed E-state index contributed by atoms with van der Waals surface area (Å²) in [7, 11) is -2.61. The summed E-state index contributed by atoms with van der Waals surface area (Å²) in [6, 6.07) is 20.4. The first-order chi connectivity index (χ1) is 18.1. The zero-order chi connectivity index (χ0) is 27.7. The smallest absolute Gasteiger partial charge is 0.243 e. The van der Waals surface area contributed by atoms with Gasteiger partial charge in [0.15, 0.2) is 0 Å². The third-order valence-corrected chi connectivity index (χ3v) is 7.99. The largest absolute Gasteiger partial charge is 0.354 e. The number of nitrogens with zero attached hydrogens (tertiary/aromatic N) is 2. The summed E-state index contributed by atoms with van der Waals surface area (Å²) in [5, 5.41) is 2.87. The fraction of sp³-hybridized carbons (Fsp3) is 0.310. The topological polar surface area (TPSA) is 86.8 Å². The van der Waals surface area contributed by atoms with E-state index in [2.05, 4.69) is 5.32 Å². The van der Waals surface area contributed by atoms with Crippen molar-refractivity contribution in [2.75, 3.05) is 20.1 Å².